The van der Waals surface area contributed by atoms with Crippen molar-refractivity contribution < 1.29 is 18.8 Å². The number of likely N-dealkylation sites (tertiary alicyclic amines) is 1. The molecule has 1 fully saturated rings. The summed E-state index contributed by atoms with van der Waals surface area (Å²) in [5, 5.41) is 4.16. The second-order valence-electron chi connectivity index (χ2n) is 7.40. The highest BCUT2D eigenvalue weighted by Crippen LogP contribution is 2.16. The van der Waals surface area contributed by atoms with Gasteiger partial charge in [0.15, 0.2) is 0 Å². The Morgan fingerprint density at radius 1 is 1.39 bits per heavy atom. The van der Waals surface area contributed by atoms with Gasteiger partial charge in [-0.25, -0.2) is 9.59 Å². The van der Waals surface area contributed by atoms with E-state index in [1.807, 2.05) is 6.92 Å². The van der Waals surface area contributed by atoms with Gasteiger partial charge in [-0.05, 0) is 32.8 Å². The van der Waals surface area contributed by atoms with Gasteiger partial charge in [0.05, 0.1) is 12.3 Å². The zero-order chi connectivity index (χ0) is 20.5. The summed E-state index contributed by atoms with van der Waals surface area (Å²) in [6.45, 7) is 7.91. The van der Waals surface area contributed by atoms with Crippen molar-refractivity contribution in [3.8, 4) is 6.01 Å². The lowest BCUT2D eigenvalue weighted by Gasteiger charge is -2.23. The average Bonchev–Trinajstić information content (AvgIpc) is 3.06. The molecule has 0 aliphatic carbocycles. The number of aromatic nitrogens is 2. The van der Waals surface area contributed by atoms with Crippen LogP contribution in [0, 0.1) is 0 Å². The minimum atomic E-state index is -0.594. The van der Waals surface area contributed by atoms with Crippen LogP contribution in [0.5, 0.6) is 6.01 Å². The molecule has 2 aromatic rings. The molecule has 0 radical (unpaired) electrons. The molecule has 3 rings (SSSR count). The third kappa shape index (κ3) is 4.38. The maximum atomic E-state index is 12.3. The van der Waals surface area contributed by atoms with Crippen LogP contribution in [0.3, 0.4) is 0 Å². The fourth-order valence-corrected chi connectivity index (χ4v) is 2.76. The fraction of sp³-hybridized carbons (Fsp3) is 0.500. The molecule has 0 saturated carbocycles. The molecule has 10 nitrogen and oxygen atoms in total. The number of ether oxygens (including phenoxy) is 1. The van der Waals surface area contributed by atoms with Crippen LogP contribution in [-0.2, 0) is 11.2 Å². The monoisotopic (exact) mass is 390 g/mol. The summed E-state index contributed by atoms with van der Waals surface area (Å²) in [7, 11) is 0. The van der Waals surface area contributed by atoms with Crippen molar-refractivity contribution in [3.63, 3.8) is 0 Å². The smallest absolute Gasteiger partial charge is 0.410 e. The first-order valence-corrected chi connectivity index (χ1v) is 8.94. The summed E-state index contributed by atoms with van der Waals surface area (Å²) in [6.07, 6.45) is 0.561. The molecule has 3 heterocycles. The molecule has 0 aromatic carbocycles. The van der Waals surface area contributed by atoms with E-state index >= 15 is 0 Å². The Bertz CT molecular complexity index is 1050. The largest absolute Gasteiger partial charge is 0.444 e. The van der Waals surface area contributed by atoms with Crippen LogP contribution in [-0.4, -0.2) is 45.4 Å². The SMILES string of the molecule is CCc1cc(=O)oc2nc(O/N=C3/CCN(C(=O)OC(C)(C)C)C3)[nH]c(=O)c12. The first-order chi connectivity index (χ1) is 13.2. The number of hydrogen-bond donors (Lipinski definition) is 1. The summed E-state index contributed by atoms with van der Waals surface area (Å²) < 4.78 is 10.3. The summed E-state index contributed by atoms with van der Waals surface area (Å²) in [5.74, 6) is 0. The Morgan fingerprint density at radius 2 is 2.14 bits per heavy atom. The summed E-state index contributed by atoms with van der Waals surface area (Å²) in [4.78, 5) is 49.2. The second kappa shape index (κ2) is 7.45. The minimum Gasteiger partial charge on any atom is -0.444 e. The Morgan fingerprint density at radius 3 is 2.82 bits per heavy atom. The standard InChI is InChI=1S/C18H22N4O6/c1-5-10-8-12(23)26-15-13(10)14(24)19-16(20-15)28-21-11-6-7-22(9-11)17(25)27-18(2,3)4/h8H,5-7,9H2,1-4H3,(H,19,20,24)/b21-11-. The summed E-state index contributed by atoms with van der Waals surface area (Å²) in [6, 6.07) is 1.07. The van der Waals surface area contributed by atoms with Crippen LogP contribution < -0.4 is 16.0 Å². The van der Waals surface area contributed by atoms with Crippen molar-refractivity contribution in [2.24, 2.45) is 5.16 Å². The molecule has 2 aromatic heterocycles. The zero-order valence-corrected chi connectivity index (χ0v) is 16.2. The predicted octanol–water partition coefficient (Wildman–Crippen LogP) is 1.81. The van der Waals surface area contributed by atoms with Gasteiger partial charge in [0.25, 0.3) is 5.56 Å². The summed E-state index contributed by atoms with van der Waals surface area (Å²) in [5.41, 5.74) is -0.626. The van der Waals surface area contributed by atoms with E-state index in [0.29, 0.717) is 30.7 Å². The fourth-order valence-electron chi connectivity index (χ4n) is 2.76. The van der Waals surface area contributed by atoms with E-state index in [0.717, 1.165) is 0 Å². The molecule has 28 heavy (non-hydrogen) atoms. The molecule has 0 atom stereocenters. The Labute approximate surface area is 160 Å². The van der Waals surface area contributed by atoms with Gasteiger partial charge in [-0.1, -0.05) is 12.1 Å². The number of aryl methyl sites for hydroxylation is 1. The molecular formula is C18H22N4O6. The van der Waals surface area contributed by atoms with E-state index in [2.05, 4.69) is 15.1 Å². The van der Waals surface area contributed by atoms with Gasteiger partial charge in [0, 0.05) is 19.0 Å². The number of H-pyrrole nitrogens is 1. The normalized spacial score (nSPS) is 16.0. The molecule has 1 amide bonds. The maximum absolute atomic E-state index is 12.3. The van der Waals surface area contributed by atoms with Gasteiger partial charge in [0.1, 0.15) is 11.0 Å². The number of nitrogens with one attached hydrogen (secondary N) is 1. The van der Waals surface area contributed by atoms with Crippen molar-refractivity contribution in [1.29, 1.82) is 0 Å². The van der Waals surface area contributed by atoms with Crippen LogP contribution in [0.2, 0.25) is 0 Å². The zero-order valence-electron chi connectivity index (χ0n) is 16.2. The van der Waals surface area contributed by atoms with Gasteiger partial charge in [0.2, 0.25) is 5.71 Å². The number of fused-ring (bicyclic) bond motifs is 1. The molecule has 150 valence electrons. The molecule has 0 bridgehead atoms. The molecule has 1 aliphatic heterocycles. The third-order valence-electron chi connectivity index (χ3n) is 4.01. The molecule has 10 heteroatoms. The van der Waals surface area contributed by atoms with Crippen molar-refractivity contribution in [1.82, 2.24) is 14.9 Å². The van der Waals surface area contributed by atoms with E-state index in [4.69, 9.17) is 14.0 Å². The molecule has 1 aliphatic rings. The second-order valence-corrected chi connectivity index (χ2v) is 7.40. The number of hydrogen-bond acceptors (Lipinski definition) is 8. The van der Waals surface area contributed by atoms with Crippen LogP contribution in [0.15, 0.2) is 25.2 Å². The van der Waals surface area contributed by atoms with Crippen molar-refractivity contribution in [2.75, 3.05) is 13.1 Å². The Balaban J connectivity index is 1.76. The topological polar surface area (TPSA) is 127 Å². The number of rotatable bonds is 3. The number of nitrogens with zero attached hydrogens (tertiary/aromatic N) is 3. The molecule has 0 spiro atoms. The van der Waals surface area contributed by atoms with Crippen molar-refractivity contribution >= 4 is 22.9 Å². The van der Waals surface area contributed by atoms with E-state index < -0.39 is 22.9 Å². The predicted molar refractivity (Wildman–Crippen MR) is 101 cm³/mol. The third-order valence-corrected chi connectivity index (χ3v) is 4.01. The number of amides is 1. The number of oxime groups is 1. The average molecular weight is 390 g/mol. The quantitative estimate of drug-likeness (QED) is 0.792. The molecule has 0 unspecified atom stereocenters. The van der Waals surface area contributed by atoms with E-state index in [1.165, 1.54) is 11.0 Å². The molecule has 1 N–H and O–H groups in total. The number of carbonyl (C=O) groups excluding carboxylic acids is 1. The highest BCUT2D eigenvalue weighted by molar-refractivity contribution is 5.91. The summed E-state index contributed by atoms with van der Waals surface area (Å²) >= 11 is 0. The van der Waals surface area contributed by atoms with E-state index in [9.17, 15) is 14.4 Å². The molecule has 1 saturated heterocycles. The highest BCUT2D eigenvalue weighted by atomic mass is 16.6. The lowest BCUT2D eigenvalue weighted by Crippen LogP contribution is -2.35. The first kappa shape index (κ1) is 19.6. The van der Waals surface area contributed by atoms with Crippen molar-refractivity contribution in [2.45, 2.75) is 46.1 Å². The number of aromatic amines is 1. The Hall–Kier alpha value is -3.17. The lowest BCUT2D eigenvalue weighted by molar-refractivity contribution is 0.0302. The van der Waals surface area contributed by atoms with Gasteiger partial charge in [-0.15, -0.1) is 0 Å². The Kier molecular flexibility index (Phi) is 5.21. The van der Waals surface area contributed by atoms with Gasteiger partial charge in [-0.2, -0.15) is 4.98 Å². The minimum absolute atomic E-state index is 0.106. The molecular weight excluding hydrogens is 368 g/mol. The van der Waals surface area contributed by atoms with Crippen molar-refractivity contribution in [3.05, 3.63) is 32.4 Å². The van der Waals surface area contributed by atoms with E-state index in [-0.39, 0.29) is 23.7 Å². The van der Waals surface area contributed by atoms with Gasteiger partial charge >= 0.3 is 17.7 Å². The lowest BCUT2D eigenvalue weighted by atomic mass is 10.1. The van der Waals surface area contributed by atoms with Gasteiger partial charge in [-0.3, -0.25) is 9.78 Å². The maximum Gasteiger partial charge on any atom is 0.410 e. The number of carbonyl (C=O) groups is 1. The van der Waals surface area contributed by atoms with Crippen LogP contribution in [0.25, 0.3) is 11.1 Å². The highest BCUT2D eigenvalue weighted by Gasteiger charge is 2.28. The first-order valence-electron chi connectivity index (χ1n) is 8.94. The van der Waals surface area contributed by atoms with Crippen LogP contribution in [0.4, 0.5) is 4.79 Å². The van der Waals surface area contributed by atoms with Gasteiger partial charge < -0.3 is 18.9 Å². The van der Waals surface area contributed by atoms with E-state index in [1.54, 1.807) is 20.8 Å². The van der Waals surface area contributed by atoms with Crippen LogP contribution in [0.1, 0.15) is 39.7 Å². The van der Waals surface area contributed by atoms with Crippen LogP contribution >= 0.6 is 0 Å².